The quantitative estimate of drug-likeness (QED) is 0.173. The molecule has 0 saturated heterocycles. The van der Waals surface area contributed by atoms with E-state index in [9.17, 15) is 14.4 Å². The zero-order chi connectivity index (χ0) is 20.9. The number of likely N-dealkylation sites (N-methyl/N-ethyl adjacent to an activating group) is 2. The first-order valence-corrected chi connectivity index (χ1v) is 10.4. The molecular weight excluding hydrogens is 383 g/mol. The second-order valence-electron chi connectivity index (χ2n) is 7.08. The molecule has 2 atom stereocenters. The van der Waals surface area contributed by atoms with E-state index in [4.69, 9.17) is 0 Å². The lowest BCUT2D eigenvalue weighted by Gasteiger charge is -2.29. The molecule has 0 aliphatic carbocycles. The van der Waals surface area contributed by atoms with Gasteiger partial charge in [-0.2, -0.15) is 12.6 Å². The first-order valence-electron chi connectivity index (χ1n) is 9.27. The summed E-state index contributed by atoms with van der Waals surface area (Å²) in [5, 5.41) is 5.74. The van der Waals surface area contributed by atoms with Crippen molar-refractivity contribution >= 4 is 45.8 Å². The van der Waals surface area contributed by atoms with Gasteiger partial charge in [-0.05, 0) is 48.9 Å². The third kappa shape index (κ3) is 10.2. The van der Waals surface area contributed by atoms with Crippen LogP contribution in [0.4, 0.5) is 0 Å². The molecule has 0 spiro atoms. The number of rotatable bonds is 14. The summed E-state index contributed by atoms with van der Waals surface area (Å²) in [4.78, 5) is 39.2. The topological polar surface area (TPSA) is 90.9 Å². The van der Waals surface area contributed by atoms with E-state index in [0.29, 0.717) is 19.5 Å². The summed E-state index contributed by atoms with van der Waals surface area (Å²) >= 11 is 4.16. The minimum absolute atomic E-state index is 0.0477. The zero-order valence-corrected chi connectivity index (χ0v) is 19.0. The number of nitrogens with zero attached hydrogens (tertiary/aromatic N) is 2. The Balaban J connectivity index is 5.13. The van der Waals surface area contributed by atoms with Crippen LogP contribution in [0.15, 0.2) is 4.76 Å². The van der Waals surface area contributed by atoms with Crippen LogP contribution in [0, 0.1) is 5.41 Å². The molecule has 0 saturated carbocycles. The van der Waals surface area contributed by atoms with Gasteiger partial charge in [0.15, 0.2) is 0 Å². The average Bonchev–Trinajstić information content (AvgIpc) is 2.62. The maximum Gasteiger partial charge on any atom is 0.243 e. The van der Waals surface area contributed by atoms with E-state index >= 15 is 0 Å². The van der Waals surface area contributed by atoms with Gasteiger partial charge < -0.3 is 15.5 Å². The van der Waals surface area contributed by atoms with E-state index < -0.39 is 11.5 Å². The summed E-state index contributed by atoms with van der Waals surface area (Å²) in [5.41, 5.74) is -0.804. The van der Waals surface area contributed by atoms with Crippen LogP contribution >= 0.6 is 22.0 Å². The van der Waals surface area contributed by atoms with Crippen LogP contribution < -0.4 is 10.6 Å². The Labute approximate surface area is 171 Å². The summed E-state index contributed by atoms with van der Waals surface area (Å²) in [5.74, 6) is 0.204. The molecule has 0 radical (unpaired) electrons. The fourth-order valence-corrected chi connectivity index (χ4v) is 3.04. The van der Waals surface area contributed by atoms with Gasteiger partial charge in [0.1, 0.15) is 11.8 Å². The van der Waals surface area contributed by atoms with Crippen LogP contribution in [0.2, 0.25) is 0 Å². The fourth-order valence-electron chi connectivity index (χ4n) is 2.45. The predicted molar refractivity (Wildman–Crippen MR) is 117 cm³/mol. The Morgan fingerprint density at radius 3 is 2.44 bits per heavy atom. The third-order valence-corrected chi connectivity index (χ3v) is 4.85. The molecule has 0 aromatic rings. The van der Waals surface area contributed by atoms with Gasteiger partial charge in [0, 0.05) is 39.2 Å². The van der Waals surface area contributed by atoms with Crippen LogP contribution in [-0.2, 0) is 14.4 Å². The molecule has 0 rings (SSSR count). The highest BCUT2D eigenvalue weighted by Gasteiger charge is 2.34. The third-order valence-electron chi connectivity index (χ3n) is 4.38. The predicted octanol–water partition coefficient (Wildman–Crippen LogP) is 1.49. The van der Waals surface area contributed by atoms with Gasteiger partial charge >= 0.3 is 0 Å². The maximum atomic E-state index is 12.7. The maximum absolute atomic E-state index is 12.7. The van der Waals surface area contributed by atoms with Crippen molar-refractivity contribution in [3.63, 3.8) is 0 Å². The minimum Gasteiger partial charge on any atom is -0.353 e. The van der Waals surface area contributed by atoms with Crippen LogP contribution in [0.3, 0.4) is 0 Å². The molecule has 27 heavy (non-hydrogen) atoms. The van der Waals surface area contributed by atoms with E-state index in [0.717, 1.165) is 25.0 Å². The lowest BCUT2D eigenvalue weighted by Crippen LogP contribution is -2.50. The van der Waals surface area contributed by atoms with Crippen LogP contribution in [0.5, 0.6) is 0 Å². The number of hydrogen-bond acceptors (Lipinski definition) is 6. The van der Waals surface area contributed by atoms with Crippen molar-refractivity contribution in [2.75, 3.05) is 32.9 Å². The average molecular weight is 419 g/mol. The van der Waals surface area contributed by atoms with Crippen molar-refractivity contribution in [3.05, 3.63) is 0 Å². The molecule has 0 aliphatic rings. The zero-order valence-electron chi connectivity index (χ0n) is 17.0. The van der Waals surface area contributed by atoms with E-state index in [1.54, 1.807) is 27.9 Å². The molecule has 0 bridgehead atoms. The van der Waals surface area contributed by atoms with Gasteiger partial charge in [-0.3, -0.25) is 19.1 Å². The lowest BCUT2D eigenvalue weighted by atomic mass is 9.85. The standard InChI is InChI=1S/C18H35N4O3PS/c1-18(2,13-21-26)15(23)12-14(17(25)20-10-9-19-3)22(4)16(24)8-6-5-7-11-27/h13-14,19,27H,5-12,26H2,1-4H3,(H,20,25). The Kier molecular flexibility index (Phi) is 13.6. The number of carbonyl (C=O) groups excluding carboxylic acids is 3. The van der Waals surface area contributed by atoms with Crippen molar-refractivity contribution in [2.24, 2.45) is 10.2 Å². The molecule has 2 unspecified atom stereocenters. The highest BCUT2D eigenvalue weighted by Crippen LogP contribution is 2.20. The number of Topliss-reactive ketones (excluding diaryl/α,β-unsaturated/α-hetero) is 1. The number of ketones is 1. The molecule has 0 fully saturated rings. The van der Waals surface area contributed by atoms with E-state index in [1.165, 1.54) is 11.1 Å². The van der Waals surface area contributed by atoms with Crippen molar-refractivity contribution in [1.82, 2.24) is 15.5 Å². The minimum atomic E-state index is -0.830. The summed E-state index contributed by atoms with van der Waals surface area (Å²) in [6.07, 6.45) is 4.46. The normalized spacial score (nSPS) is 12.8. The Morgan fingerprint density at radius 2 is 1.89 bits per heavy atom. The SMILES string of the molecule is CNCCNC(=O)C(CC(=O)C(C)(C)C=NP)N(C)C(=O)CCCCCS. The van der Waals surface area contributed by atoms with Gasteiger partial charge in [-0.25, -0.2) is 0 Å². The van der Waals surface area contributed by atoms with Crippen molar-refractivity contribution in [2.45, 2.75) is 52.0 Å². The van der Waals surface area contributed by atoms with E-state index in [1.807, 2.05) is 0 Å². The number of carbonyl (C=O) groups is 3. The molecule has 7 nitrogen and oxygen atoms in total. The highest BCUT2D eigenvalue weighted by molar-refractivity contribution is 7.80. The smallest absolute Gasteiger partial charge is 0.243 e. The summed E-state index contributed by atoms with van der Waals surface area (Å²) in [6.45, 7) is 4.54. The Morgan fingerprint density at radius 1 is 1.22 bits per heavy atom. The number of hydrogen-bond donors (Lipinski definition) is 3. The highest BCUT2D eigenvalue weighted by atomic mass is 32.1. The molecule has 0 heterocycles. The first kappa shape index (κ1) is 26.0. The van der Waals surface area contributed by atoms with Crippen molar-refractivity contribution < 1.29 is 14.4 Å². The number of thiol groups is 1. The van der Waals surface area contributed by atoms with Crippen molar-refractivity contribution in [3.8, 4) is 0 Å². The van der Waals surface area contributed by atoms with Crippen LogP contribution in [-0.4, -0.2) is 67.7 Å². The molecule has 2 N–H and O–H groups in total. The second kappa shape index (κ2) is 14.1. The molecule has 0 aliphatic heterocycles. The Hall–Kier alpha value is -0.980. The summed E-state index contributed by atoms with van der Waals surface area (Å²) in [7, 11) is 5.58. The number of unbranched alkanes of at least 4 members (excludes halogenated alkanes) is 2. The fraction of sp³-hybridized carbons (Fsp3) is 0.778. The van der Waals surface area contributed by atoms with Crippen molar-refractivity contribution in [1.29, 1.82) is 0 Å². The molecule has 0 aromatic carbocycles. The van der Waals surface area contributed by atoms with Gasteiger partial charge in [-0.15, -0.1) is 0 Å². The second-order valence-corrected chi connectivity index (χ2v) is 7.82. The molecule has 2 amide bonds. The van der Waals surface area contributed by atoms with E-state index in [2.05, 4.69) is 37.4 Å². The van der Waals surface area contributed by atoms with Gasteiger partial charge in [0.05, 0.1) is 5.41 Å². The van der Waals surface area contributed by atoms with Crippen LogP contribution in [0.25, 0.3) is 0 Å². The number of amides is 2. The van der Waals surface area contributed by atoms with Crippen LogP contribution in [0.1, 0.15) is 46.0 Å². The van der Waals surface area contributed by atoms with Gasteiger partial charge in [0.25, 0.3) is 0 Å². The molecule has 9 heteroatoms. The van der Waals surface area contributed by atoms with Gasteiger partial charge in [0.2, 0.25) is 11.8 Å². The number of nitrogens with one attached hydrogen (secondary N) is 2. The summed E-state index contributed by atoms with van der Waals surface area (Å²) in [6, 6.07) is -0.830. The lowest BCUT2D eigenvalue weighted by molar-refractivity contribution is -0.141. The first-order chi connectivity index (χ1) is 12.7. The molecule has 156 valence electrons. The molecule has 0 aromatic heterocycles. The monoisotopic (exact) mass is 418 g/mol. The largest absolute Gasteiger partial charge is 0.353 e. The molecular formula is C18H35N4O3PS. The van der Waals surface area contributed by atoms with E-state index in [-0.39, 0.29) is 24.0 Å². The van der Waals surface area contributed by atoms with Gasteiger partial charge in [-0.1, -0.05) is 6.42 Å². The summed E-state index contributed by atoms with van der Waals surface area (Å²) < 4.78 is 3.85. The Bertz CT molecular complexity index is 515.